The van der Waals surface area contributed by atoms with Gasteiger partial charge in [-0.3, -0.25) is 19.4 Å². The molecule has 2 aromatic carbocycles. The maximum Gasteiger partial charge on any atom is 0.302 e. The van der Waals surface area contributed by atoms with Crippen LogP contribution in [-0.4, -0.2) is 70.0 Å². The van der Waals surface area contributed by atoms with Crippen molar-refractivity contribution >= 4 is 34.1 Å². The quantitative estimate of drug-likeness (QED) is 0.177. The SMILES string of the molecule is CCOc1c(C)c(O)c2c(O)c3c4c(c2c1C(=O)CCC[C@@H](C)[C@@H](OC(C)=O)[C@H](C)[C@H](O)[C@H](C)C[C@@H](C)/C=C/C=C(/C)C(=O)N=3)N[C@H](CC1CCC(C)N1)N=4. The topological polar surface area (TPSA) is 179 Å². The van der Waals surface area contributed by atoms with Crippen molar-refractivity contribution in [1.29, 1.82) is 0 Å². The third kappa shape index (κ3) is 9.07. The first kappa shape index (κ1) is 41.9. The number of carbonyl (C=O) groups excluding carboxylic acids is 3. The number of esters is 1. The fourth-order valence-corrected chi connectivity index (χ4v) is 8.67. The third-order valence-electron chi connectivity index (χ3n) is 11.6. The summed E-state index contributed by atoms with van der Waals surface area (Å²) in [4.78, 5) is 49.9. The van der Waals surface area contributed by atoms with Crippen LogP contribution in [0.5, 0.6) is 17.2 Å². The van der Waals surface area contributed by atoms with Gasteiger partial charge in [-0.1, -0.05) is 45.9 Å². The first-order chi connectivity index (χ1) is 26.0. The normalized spacial score (nSPS) is 31.0. The van der Waals surface area contributed by atoms with Gasteiger partial charge >= 0.3 is 5.97 Å². The van der Waals surface area contributed by atoms with Gasteiger partial charge in [0.2, 0.25) is 0 Å². The molecule has 3 aliphatic rings. The van der Waals surface area contributed by atoms with Crippen LogP contribution in [0.1, 0.15) is 116 Å². The number of Topliss-reactive ketones (excluding diaryl/α,β-unsaturated/α-hetero) is 1. The molecule has 0 saturated carbocycles. The smallest absolute Gasteiger partial charge is 0.302 e. The standard InChI is InChI=1S/C43H60N4O8/c1-10-54-42-27(8)39(51)34-33-32(42)30(49)16-12-14-22(3)41(55-28(9)48)26(7)38(50)24(5)19-21(2)13-11-15-23(4)43(53)47-37(40(34)52)36-35(33)45-31(46-36)20-29-18-17-25(6)44-29/h11,13,15,21-22,24-26,29,31,38,41,44-45,50-52H,10,12,14,16-20H2,1-9H3/b13-11+,23-15-,47-37?/t21-,22+,24+,25?,26+,29?,31-,38+,41+/m0/s1. The van der Waals surface area contributed by atoms with Crippen molar-refractivity contribution in [2.24, 2.45) is 33.7 Å². The molecular formula is C43H60N4O8. The van der Waals surface area contributed by atoms with Crippen LogP contribution in [-0.2, 0) is 14.3 Å². The number of nitrogens with zero attached hydrogens (tertiary/aromatic N) is 2. The molecular weight excluding hydrogens is 700 g/mol. The number of benzene rings is 2. The summed E-state index contributed by atoms with van der Waals surface area (Å²) in [5, 5.41) is 42.7. The van der Waals surface area contributed by atoms with E-state index in [0.29, 0.717) is 43.0 Å². The molecule has 9 atom stereocenters. The van der Waals surface area contributed by atoms with Gasteiger partial charge in [-0.05, 0) is 77.6 Å². The number of ether oxygens (including phenoxy) is 2. The monoisotopic (exact) mass is 760 g/mol. The summed E-state index contributed by atoms with van der Waals surface area (Å²) in [6, 6.07) is 0.553. The second kappa shape index (κ2) is 17.7. The van der Waals surface area contributed by atoms with E-state index in [4.69, 9.17) is 14.5 Å². The number of aliphatic hydroxyl groups excluding tert-OH is 1. The molecule has 1 saturated heterocycles. The Labute approximate surface area is 324 Å². The number of phenolic OH excluding ortho intramolecular Hbond substituents is 2. The summed E-state index contributed by atoms with van der Waals surface area (Å²) in [5.41, 5.74) is 1.18. The lowest BCUT2D eigenvalue weighted by molar-refractivity contribution is -0.156. The first-order valence-corrected chi connectivity index (χ1v) is 20.0. The fourth-order valence-electron chi connectivity index (χ4n) is 8.67. The number of rotatable bonds is 5. The molecule has 300 valence electrons. The Balaban J connectivity index is 1.72. The van der Waals surface area contributed by atoms with Gasteiger partial charge in [0.1, 0.15) is 34.5 Å². The number of hydrogen-bond acceptors (Lipinski definition) is 11. The highest BCUT2D eigenvalue weighted by molar-refractivity contribution is 6.18. The lowest BCUT2D eigenvalue weighted by atomic mass is 9.79. The van der Waals surface area contributed by atoms with E-state index in [-0.39, 0.29) is 92.6 Å². The fraction of sp³-hybridized carbons (Fsp3) is 0.605. The number of ketones is 1. The van der Waals surface area contributed by atoms with E-state index in [0.717, 1.165) is 12.8 Å². The van der Waals surface area contributed by atoms with Gasteiger partial charge < -0.3 is 35.4 Å². The molecule has 55 heavy (non-hydrogen) atoms. The van der Waals surface area contributed by atoms with Crippen molar-refractivity contribution in [3.63, 3.8) is 0 Å². The highest BCUT2D eigenvalue weighted by Gasteiger charge is 2.36. The molecule has 2 unspecified atom stereocenters. The number of aliphatic hydroxyl groups is 1. The van der Waals surface area contributed by atoms with Crippen molar-refractivity contribution in [2.45, 2.75) is 138 Å². The molecule has 12 heteroatoms. The molecule has 0 aliphatic carbocycles. The van der Waals surface area contributed by atoms with E-state index in [1.54, 1.807) is 32.9 Å². The maximum absolute atomic E-state index is 14.6. The second-order valence-corrected chi connectivity index (χ2v) is 16.2. The minimum absolute atomic E-state index is 0.0108. The van der Waals surface area contributed by atoms with Crippen LogP contribution in [0.2, 0.25) is 0 Å². The second-order valence-electron chi connectivity index (χ2n) is 16.2. The van der Waals surface area contributed by atoms with E-state index in [2.05, 4.69) is 22.5 Å². The average molecular weight is 761 g/mol. The molecule has 2 bridgehead atoms. The minimum Gasteiger partial charge on any atom is -0.507 e. The zero-order valence-corrected chi connectivity index (χ0v) is 33.9. The molecule has 2 aromatic rings. The number of allylic oxidation sites excluding steroid dienone is 3. The number of carbonyl (C=O) groups is 3. The largest absolute Gasteiger partial charge is 0.507 e. The van der Waals surface area contributed by atoms with Crippen molar-refractivity contribution in [2.75, 3.05) is 11.9 Å². The number of amides is 1. The van der Waals surface area contributed by atoms with E-state index in [1.165, 1.54) is 6.92 Å². The Morgan fingerprint density at radius 3 is 2.36 bits per heavy atom. The molecule has 3 heterocycles. The summed E-state index contributed by atoms with van der Waals surface area (Å²) in [7, 11) is 0. The minimum atomic E-state index is -0.756. The molecule has 5 N–H and O–H groups in total. The van der Waals surface area contributed by atoms with Crippen LogP contribution in [0.25, 0.3) is 10.8 Å². The van der Waals surface area contributed by atoms with Gasteiger partial charge in [-0.15, -0.1) is 0 Å². The van der Waals surface area contributed by atoms with Crippen molar-refractivity contribution in [3.8, 4) is 17.2 Å². The van der Waals surface area contributed by atoms with Gasteiger partial charge in [0.25, 0.3) is 5.91 Å². The van der Waals surface area contributed by atoms with Gasteiger partial charge in [-0.2, -0.15) is 0 Å². The van der Waals surface area contributed by atoms with Crippen LogP contribution < -0.4 is 26.1 Å². The number of nitrogens with one attached hydrogen (secondary N) is 2. The highest BCUT2D eigenvalue weighted by atomic mass is 16.5. The van der Waals surface area contributed by atoms with E-state index >= 15 is 0 Å². The Morgan fingerprint density at radius 1 is 0.982 bits per heavy atom. The van der Waals surface area contributed by atoms with Crippen LogP contribution in [0, 0.1) is 30.6 Å². The summed E-state index contributed by atoms with van der Waals surface area (Å²) < 4.78 is 11.9. The van der Waals surface area contributed by atoms with Crippen molar-refractivity contribution < 1.29 is 39.2 Å². The summed E-state index contributed by atoms with van der Waals surface area (Å²) in [5.74, 6) is -2.44. The molecule has 3 aliphatic heterocycles. The molecule has 1 amide bonds. The predicted octanol–water partition coefficient (Wildman–Crippen LogP) is 6.10. The van der Waals surface area contributed by atoms with Crippen LogP contribution in [0.15, 0.2) is 33.8 Å². The van der Waals surface area contributed by atoms with Crippen molar-refractivity contribution in [3.05, 3.63) is 45.6 Å². The maximum atomic E-state index is 14.6. The Morgan fingerprint density at radius 2 is 1.71 bits per heavy atom. The van der Waals surface area contributed by atoms with Crippen LogP contribution >= 0.6 is 0 Å². The van der Waals surface area contributed by atoms with E-state index < -0.39 is 36.0 Å². The zero-order valence-electron chi connectivity index (χ0n) is 33.9. The lowest BCUT2D eigenvalue weighted by Gasteiger charge is -2.35. The molecule has 0 radical (unpaired) electrons. The molecule has 0 spiro atoms. The summed E-state index contributed by atoms with van der Waals surface area (Å²) >= 11 is 0. The molecule has 5 rings (SSSR count). The molecule has 0 aromatic heterocycles. The third-order valence-corrected chi connectivity index (χ3v) is 11.6. The van der Waals surface area contributed by atoms with Gasteiger partial charge in [-0.25, -0.2) is 4.99 Å². The number of hydrogen-bond donors (Lipinski definition) is 5. The molecule has 1 fully saturated rings. The van der Waals surface area contributed by atoms with E-state index in [1.807, 2.05) is 33.8 Å². The van der Waals surface area contributed by atoms with Gasteiger partial charge in [0.15, 0.2) is 11.5 Å². The molecule has 12 nitrogen and oxygen atoms in total. The van der Waals surface area contributed by atoms with Gasteiger partial charge in [0.05, 0.1) is 29.3 Å². The van der Waals surface area contributed by atoms with E-state index in [9.17, 15) is 29.7 Å². The first-order valence-electron chi connectivity index (χ1n) is 20.0. The van der Waals surface area contributed by atoms with Crippen LogP contribution in [0.3, 0.4) is 0 Å². The Hall–Kier alpha value is -4.29. The lowest BCUT2D eigenvalue weighted by Crippen LogP contribution is -2.40. The highest BCUT2D eigenvalue weighted by Crippen LogP contribution is 2.46. The summed E-state index contributed by atoms with van der Waals surface area (Å²) in [6.45, 7) is 16.7. The van der Waals surface area contributed by atoms with Crippen molar-refractivity contribution in [1.82, 2.24) is 5.32 Å². The van der Waals surface area contributed by atoms with Crippen LogP contribution in [0.4, 0.5) is 5.69 Å². The average Bonchev–Trinajstić information content (AvgIpc) is 3.74. The summed E-state index contributed by atoms with van der Waals surface area (Å²) in [6.07, 6.45) is 7.92. The zero-order chi connectivity index (χ0) is 40.3. The number of phenols is 2. The number of anilines is 1. The Bertz CT molecular complexity index is 1990. The number of aromatic hydroxyl groups is 2. The predicted molar refractivity (Wildman–Crippen MR) is 212 cm³/mol. The van der Waals surface area contributed by atoms with Gasteiger partial charge in [0, 0.05) is 54.3 Å². The Kier molecular flexibility index (Phi) is 13.4.